The molecule has 5 N–H and O–H groups in total. The molecule has 3 heterocycles. The molecule has 2 aromatic rings. The first-order valence-electron chi connectivity index (χ1n) is 6.50. The van der Waals surface area contributed by atoms with Crippen molar-refractivity contribution in [1.29, 1.82) is 0 Å². The molecule has 0 spiro atoms. The Bertz CT molecular complexity index is 684. The minimum absolute atomic E-state index is 0.224. The summed E-state index contributed by atoms with van der Waals surface area (Å²) in [6.07, 6.45) is -0.0757. The maximum Gasteiger partial charge on any atom is 0.151 e. The van der Waals surface area contributed by atoms with Crippen molar-refractivity contribution in [2.45, 2.75) is 18.3 Å². The Morgan fingerprint density at radius 2 is 2.29 bits per heavy atom. The number of fused-ring (bicyclic) bond motifs is 1. The van der Waals surface area contributed by atoms with Crippen LogP contribution in [0.1, 0.15) is 5.69 Å². The highest BCUT2D eigenvalue weighted by Gasteiger charge is 2.34. The van der Waals surface area contributed by atoms with Crippen LogP contribution in [-0.2, 0) is 4.74 Å². The van der Waals surface area contributed by atoms with Crippen LogP contribution in [0.25, 0.3) is 11.1 Å². The molecule has 1 aliphatic heterocycles. The fraction of sp³-hybridized carbons (Fsp3) is 0.385. The topological polar surface area (TPSA) is 126 Å². The summed E-state index contributed by atoms with van der Waals surface area (Å²) in [5, 5.41) is 33.2. The molecule has 112 valence electrons. The van der Waals surface area contributed by atoms with Gasteiger partial charge in [-0.2, -0.15) is 5.10 Å². The van der Waals surface area contributed by atoms with Crippen LogP contribution in [0.2, 0.25) is 0 Å². The van der Waals surface area contributed by atoms with Gasteiger partial charge in [-0.3, -0.25) is 0 Å². The van der Waals surface area contributed by atoms with Crippen LogP contribution in [-0.4, -0.2) is 61.4 Å². The molecule has 0 saturated heterocycles. The second-order valence-corrected chi connectivity index (χ2v) is 4.81. The summed E-state index contributed by atoms with van der Waals surface area (Å²) in [4.78, 5) is 3.91. The number of aromatic nitrogens is 3. The molecule has 8 heteroatoms. The van der Waals surface area contributed by atoms with Gasteiger partial charge in [0.1, 0.15) is 30.2 Å². The minimum atomic E-state index is -1.16. The Labute approximate surface area is 120 Å². The molecule has 0 aliphatic carbocycles. The lowest BCUT2D eigenvalue weighted by atomic mass is 9.96. The lowest BCUT2D eigenvalue weighted by Crippen LogP contribution is -2.44. The molecule has 0 bridgehead atoms. The molecule has 0 amide bonds. The zero-order chi connectivity index (χ0) is 15.0. The molecule has 0 saturated carbocycles. The van der Waals surface area contributed by atoms with Crippen LogP contribution in [0.3, 0.4) is 0 Å². The number of hydrogen-bond donors (Lipinski definition) is 4. The molecule has 3 atom stereocenters. The summed E-state index contributed by atoms with van der Waals surface area (Å²) in [6.45, 7) is -0.263. The van der Waals surface area contributed by atoms with Crippen LogP contribution in [0.5, 0.6) is 0 Å². The number of aliphatic hydroxyl groups is 3. The number of nitrogens with two attached hydrogens (primary N) is 1. The van der Waals surface area contributed by atoms with E-state index >= 15 is 0 Å². The van der Waals surface area contributed by atoms with Crippen molar-refractivity contribution in [3.05, 3.63) is 30.2 Å². The third kappa shape index (κ3) is 2.28. The molecular weight excluding hydrogens is 276 g/mol. The second-order valence-electron chi connectivity index (χ2n) is 4.81. The van der Waals surface area contributed by atoms with Gasteiger partial charge in [-0.15, -0.1) is 0 Å². The number of ether oxygens (including phenoxy) is 1. The van der Waals surface area contributed by atoms with Crippen molar-refractivity contribution in [3.8, 4) is 0 Å². The number of nitrogens with zero attached hydrogens (tertiary/aromatic N) is 3. The average Bonchev–Trinajstić information content (AvgIpc) is 2.92. The SMILES string of the molecule is Nc1ncnn2c(C3=CCO[C@H]([C@H](O)CO)[C@H]3O)ccc12. The van der Waals surface area contributed by atoms with Crippen LogP contribution in [0.4, 0.5) is 5.82 Å². The minimum Gasteiger partial charge on any atom is -0.394 e. The van der Waals surface area contributed by atoms with Gasteiger partial charge in [0.25, 0.3) is 0 Å². The molecule has 3 rings (SSSR count). The predicted molar refractivity (Wildman–Crippen MR) is 74.2 cm³/mol. The third-order valence-corrected chi connectivity index (χ3v) is 3.57. The lowest BCUT2D eigenvalue weighted by Gasteiger charge is -2.31. The van der Waals surface area contributed by atoms with E-state index in [2.05, 4.69) is 10.1 Å². The molecule has 0 unspecified atom stereocenters. The van der Waals surface area contributed by atoms with Crippen LogP contribution in [0, 0.1) is 0 Å². The maximum atomic E-state index is 10.4. The molecular formula is C13H16N4O4. The summed E-state index contributed by atoms with van der Waals surface area (Å²) >= 11 is 0. The highest BCUT2D eigenvalue weighted by Crippen LogP contribution is 2.28. The first kappa shape index (κ1) is 14.0. The summed E-state index contributed by atoms with van der Waals surface area (Å²) < 4.78 is 6.88. The molecule has 0 fully saturated rings. The summed E-state index contributed by atoms with van der Waals surface area (Å²) in [5.74, 6) is 0.338. The summed E-state index contributed by atoms with van der Waals surface area (Å²) in [7, 11) is 0. The van der Waals surface area contributed by atoms with Gasteiger partial charge in [0.05, 0.1) is 18.9 Å². The number of anilines is 1. The van der Waals surface area contributed by atoms with Crippen LogP contribution in [0.15, 0.2) is 24.5 Å². The van der Waals surface area contributed by atoms with Gasteiger partial charge in [-0.1, -0.05) is 6.08 Å². The lowest BCUT2D eigenvalue weighted by molar-refractivity contribution is -0.0948. The smallest absolute Gasteiger partial charge is 0.151 e. The highest BCUT2D eigenvalue weighted by molar-refractivity contribution is 5.75. The average molecular weight is 292 g/mol. The first-order valence-corrected chi connectivity index (χ1v) is 6.50. The number of rotatable bonds is 3. The molecule has 1 aliphatic rings. The van der Waals surface area contributed by atoms with E-state index in [1.165, 1.54) is 6.33 Å². The molecule has 0 radical (unpaired) electrons. The number of nitrogen functional groups attached to an aromatic ring is 1. The number of aliphatic hydroxyl groups excluding tert-OH is 3. The standard InChI is InChI=1S/C13H16N4O4/c14-13-9-2-1-8(17(9)16-6-15-13)7-3-4-21-12(11(7)20)10(19)5-18/h1-3,6,10-12,18-20H,4-5H2,(H2,14,15,16)/t10-,11+,12-/m1/s1. The van der Waals surface area contributed by atoms with Crippen molar-refractivity contribution in [3.63, 3.8) is 0 Å². The van der Waals surface area contributed by atoms with E-state index in [0.29, 0.717) is 22.6 Å². The van der Waals surface area contributed by atoms with Gasteiger partial charge < -0.3 is 25.8 Å². The van der Waals surface area contributed by atoms with E-state index in [4.69, 9.17) is 15.6 Å². The maximum absolute atomic E-state index is 10.4. The normalized spacial score (nSPS) is 24.0. The van der Waals surface area contributed by atoms with Crippen molar-refractivity contribution in [2.75, 3.05) is 18.9 Å². The fourth-order valence-electron chi connectivity index (χ4n) is 2.49. The van der Waals surface area contributed by atoms with Crippen LogP contribution < -0.4 is 5.73 Å². The molecule has 21 heavy (non-hydrogen) atoms. The monoisotopic (exact) mass is 292 g/mol. The van der Waals surface area contributed by atoms with E-state index in [9.17, 15) is 10.2 Å². The highest BCUT2D eigenvalue weighted by atomic mass is 16.5. The Morgan fingerprint density at radius 3 is 3.05 bits per heavy atom. The summed E-state index contributed by atoms with van der Waals surface area (Å²) in [6, 6.07) is 3.52. The van der Waals surface area contributed by atoms with Gasteiger partial charge in [-0.25, -0.2) is 9.50 Å². The Hall–Kier alpha value is -2.00. The zero-order valence-electron chi connectivity index (χ0n) is 11.1. The molecule has 0 aromatic carbocycles. The third-order valence-electron chi connectivity index (χ3n) is 3.57. The van der Waals surface area contributed by atoms with E-state index in [-0.39, 0.29) is 6.61 Å². The van der Waals surface area contributed by atoms with Crippen molar-refractivity contribution >= 4 is 16.9 Å². The van der Waals surface area contributed by atoms with E-state index in [1.807, 2.05) is 0 Å². The van der Waals surface area contributed by atoms with Gasteiger partial charge in [0, 0.05) is 5.57 Å². The van der Waals surface area contributed by atoms with Crippen molar-refractivity contribution in [1.82, 2.24) is 14.6 Å². The largest absolute Gasteiger partial charge is 0.394 e. The van der Waals surface area contributed by atoms with Crippen molar-refractivity contribution < 1.29 is 20.1 Å². The van der Waals surface area contributed by atoms with Crippen LogP contribution >= 0.6 is 0 Å². The van der Waals surface area contributed by atoms with Gasteiger partial charge in [0.15, 0.2) is 5.82 Å². The van der Waals surface area contributed by atoms with Crippen molar-refractivity contribution in [2.24, 2.45) is 0 Å². The Balaban J connectivity index is 2.02. The van der Waals surface area contributed by atoms with Gasteiger partial charge in [-0.05, 0) is 12.1 Å². The Morgan fingerprint density at radius 1 is 1.48 bits per heavy atom. The zero-order valence-corrected chi connectivity index (χ0v) is 11.1. The van der Waals surface area contributed by atoms with E-state index in [1.54, 1.807) is 22.7 Å². The fourth-order valence-corrected chi connectivity index (χ4v) is 2.49. The first-order chi connectivity index (χ1) is 10.1. The van der Waals surface area contributed by atoms with Gasteiger partial charge in [0.2, 0.25) is 0 Å². The quantitative estimate of drug-likeness (QED) is 0.560. The predicted octanol–water partition coefficient (Wildman–Crippen LogP) is -1.19. The molecule has 2 aromatic heterocycles. The van der Waals surface area contributed by atoms with E-state index in [0.717, 1.165) is 0 Å². The van der Waals surface area contributed by atoms with Gasteiger partial charge >= 0.3 is 0 Å². The Kier molecular flexibility index (Phi) is 3.60. The summed E-state index contributed by atoms with van der Waals surface area (Å²) in [5.41, 5.74) is 7.62. The van der Waals surface area contributed by atoms with E-state index < -0.39 is 24.9 Å². The second kappa shape index (κ2) is 5.41. The number of hydrogen-bond acceptors (Lipinski definition) is 7. The molecule has 8 nitrogen and oxygen atoms in total.